The monoisotopic (exact) mass is 191 g/mol. The van der Waals surface area contributed by atoms with Gasteiger partial charge in [0.2, 0.25) is 0 Å². The van der Waals surface area contributed by atoms with Crippen LogP contribution in [-0.2, 0) is 10.8 Å². The van der Waals surface area contributed by atoms with Gasteiger partial charge in [-0.25, -0.2) is 0 Å². The van der Waals surface area contributed by atoms with Crippen LogP contribution >= 0.6 is 0 Å². The van der Waals surface area contributed by atoms with Gasteiger partial charge in [0.1, 0.15) is 0 Å². The van der Waals surface area contributed by atoms with E-state index in [2.05, 4.69) is 26.1 Å². The van der Waals surface area contributed by atoms with E-state index in [9.17, 15) is 4.21 Å². The summed E-state index contributed by atoms with van der Waals surface area (Å²) >= 11 is 0. The Morgan fingerprint density at radius 2 is 2.08 bits per heavy atom. The minimum absolute atomic E-state index is 0.604. The van der Waals surface area contributed by atoms with E-state index in [1.54, 1.807) is 0 Å². The first-order valence-corrected chi connectivity index (χ1v) is 6.25. The molecule has 0 rings (SSSR count). The third kappa shape index (κ3) is 6.80. The fraction of sp³-hybridized carbons (Fsp3) is 1.00. The summed E-state index contributed by atoms with van der Waals surface area (Å²) in [5.74, 6) is 2.27. The van der Waals surface area contributed by atoms with Crippen molar-refractivity contribution in [2.24, 2.45) is 5.92 Å². The molecule has 0 saturated heterocycles. The Morgan fingerprint density at radius 3 is 2.58 bits per heavy atom. The van der Waals surface area contributed by atoms with Crippen molar-refractivity contribution >= 4 is 10.8 Å². The van der Waals surface area contributed by atoms with Crippen molar-refractivity contribution < 1.29 is 4.21 Å². The molecule has 0 heterocycles. The lowest BCUT2D eigenvalue weighted by Gasteiger charge is -2.07. The van der Waals surface area contributed by atoms with Crippen LogP contribution in [0.2, 0.25) is 0 Å². The molecule has 0 radical (unpaired) electrons. The Hall–Kier alpha value is 0.110. The number of nitrogens with one attached hydrogen (secondary N) is 1. The van der Waals surface area contributed by atoms with E-state index < -0.39 is 10.8 Å². The zero-order valence-electron chi connectivity index (χ0n) is 8.43. The molecule has 2 nitrogen and oxygen atoms in total. The van der Waals surface area contributed by atoms with E-state index >= 15 is 0 Å². The maximum atomic E-state index is 11.4. The van der Waals surface area contributed by atoms with Gasteiger partial charge < -0.3 is 5.32 Å². The van der Waals surface area contributed by atoms with E-state index in [0.29, 0.717) is 5.92 Å². The fourth-order valence-corrected chi connectivity index (χ4v) is 2.29. The molecule has 0 aromatic heterocycles. The summed E-state index contributed by atoms with van der Waals surface area (Å²) < 4.78 is 11.4. The molecule has 3 heteroatoms. The van der Waals surface area contributed by atoms with Crippen LogP contribution in [0, 0.1) is 5.92 Å². The van der Waals surface area contributed by atoms with Crippen molar-refractivity contribution in [3.05, 3.63) is 0 Å². The van der Waals surface area contributed by atoms with E-state index in [-0.39, 0.29) is 0 Å². The lowest BCUT2D eigenvalue weighted by atomic mass is 10.2. The zero-order chi connectivity index (χ0) is 9.40. The second-order valence-corrected chi connectivity index (χ2v) is 4.80. The van der Waals surface area contributed by atoms with E-state index in [4.69, 9.17) is 0 Å². The molecule has 0 spiro atoms. The summed E-state index contributed by atoms with van der Waals surface area (Å²) in [6.45, 7) is 8.23. The topological polar surface area (TPSA) is 29.1 Å². The molecule has 0 bridgehead atoms. The first-order valence-electron chi connectivity index (χ1n) is 4.76. The molecule has 0 amide bonds. The Morgan fingerprint density at radius 1 is 1.42 bits per heavy atom. The summed E-state index contributed by atoms with van der Waals surface area (Å²) in [6.07, 6.45) is 1.13. The number of rotatable bonds is 7. The van der Waals surface area contributed by atoms with E-state index in [1.807, 2.05) is 0 Å². The fourth-order valence-electron chi connectivity index (χ4n) is 0.881. The summed E-state index contributed by atoms with van der Waals surface area (Å²) in [7, 11) is -0.614. The minimum atomic E-state index is -0.614. The molecule has 2 unspecified atom stereocenters. The Kier molecular flexibility index (Phi) is 7.81. The van der Waals surface area contributed by atoms with Gasteiger partial charge in [0.05, 0.1) is 0 Å². The first-order chi connectivity index (χ1) is 5.70. The predicted octanol–water partition coefficient (Wildman–Crippen LogP) is 1.39. The highest BCUT2D eigenvalue weighted by molar-refractivity contribution is 7.85. The highest BCUT2D eigenvalue weighted by Crippen LogP contribution is 2.02. The van der Waals surface area contributed by atoms with Crippen molar-refractivity contribution in [3.8, 4) is 0 Å². The number of hydrogen-bond acceptors (Lipinski definition) is 2. The molecule has 0 aliphatic rings. The van der Waals surface area contributed by atoms with Crippen LogP contribution in [0.4, 0.5) is 0 Å². The van der Waals surface area contributed by atoms with Crippen LogP contribution in [0.15, 0.2) is 0 Å². The van der Waals surface area contributed by atoms with E-state index in [0.717, 1.165) is 31.0 Å². The SMILES string of the molecule is CCNCCS(=O)CC(C)CC. The Labute approximate surface area is 78.6 Å². The molecule has 2 atom stereocenters. The average Bonchev–Trinajstić information content (AvgIpc) is 2.05. The van der Waals surface area contributed by atoms with Crippen molar-refractivity contribution in [3.63, 3.8) is 0 Å². The minimum Gasteiger partial charge on any atom is -0.316 e. The van der Waals surface area contributed by atoms with Gasteiger partial charge in [-0.05, 0) is 12.5 Å². The van der Waals surface area contributed by atoms with Crippen molar-refractivity contribution in [1.29, 1.82) is 0 Å². The van der Waals surface area contributed by atoms with Gasteiger partial charge in [-0.3, -0.25) is 4.21 Å². The van der Waals surface area contributed by atoms with Gasteiger partial charge in [-0.1, -0.05) is 27.2 Å². The van der Waals surface area contributed by atoms with Crippen LogP contribution in [0.3, 0.4) is 0 Å². The standard InChI is InChI=1S/C9H21NOS/c1-4-9(3)8-12(11)7-6-10-5-2/h9-10H,4-8H2,1-3H3. The van der Waals surface area contributed by atoms with Crippen molar-refractivity contribution in [2.45, 2.75) is 27.2 Å². The van der Waals surface area contributed by atoms with Gasteiger partial charge in [0, 0.05) is 28.9 Å². The largest absolute Gasteiger partial charge is 0.316 e. The average molecular weight is 191 g/mol. The van der Waals surface area contributed by atoms with E-state index in [1.165, 1.54) is 0 Å². The van der Waals surface area contributed by atoms with Gasteiger partial charge in [0.15, 0.2) is 0 Å². The Balaban J connectivity index is 3.33. The molecule has 12 heavy (non-hydrogen) atoms. The van der Waals surface area contributed by atoms with Crippen LogP contribution in [0.25, 0.3) is 0 Å². The molecule has 1 N–H and O–H groups in total. The van der Waals surface area contributed by atoms with Gasteiger partial charge in [-0.15, -0.1) is 0 Å². The molecule has 0 fully saturated rings. The van der Waals surface area contributed by atoms with Gasteiger partial charge in [-0.2, -0.15) is 0 Å². The third-order valence-corrected chi connectivity index (χ3v) is 3.52. The molecule has 0 aromatic rings. The first kappa shape index (κ1) is 12.1. The van der Waals surface area contributed by atoms with Crippen LogP contribution < -0.4 is 5.32 Å². The summed E-state index contributed by atoms with van der Waals surface area (Å²) in [4.78, 5) is 0. The summed E-state index contributed by atoms with van der Waals surface area (Å²) in [5.41, 5.74) is 0. The van der Waals surface area contributed by atoms with Crippen LogP contribution in [0.5, 0.6) is 0 Å². The second kappa shape index (κ2) is 7.74. The van der Waals surface area contributed by atoms with Crippen LogP contribution in [0.1, 0.15) is 27.2 Å². The van der Waals surface area contributed by atoms with Gasteiger partial charge >= 0.3 is 0 Å². The second-order valence-electron chi connectivity index (χ2n) is 3.18. The molecule has 0 aliphatic heterocycles. The molecular formula is C9H21NOS. The summed E-state index contributed by atoms with van der Waals surface area (Å²) in [5, 5.41) is 3.18. The van der Waals surface area contributed by atoms with Crippen molar-refractivity contribution in [2.75, 3.05) is 24.6 Å². The van der Waals surface area contributed by atoms with Crippen molar-refractivity contribution in [1.82, 2.24) is 5.32 Å². The summed E-state index contributed by atoms with van der Waals surface area (Å²) in [6, 6.07) is 0. The van der Waals surface area contributed by atoms with Gasteiger partial charge in [0.25, 0.3) is 0 Å². The number of hydrogen-bond donors (Lipinski definition) is 1. The quantitative estimate of drug-likeness (QED) is 0.616. The highest BCUT2D eigenvalue weighted by atomic mass is 32.2. The van der Waals surface area contributed by atoms with Crippen LogP contribution in [-0.4, -0.2) is 28.8 Å². The maximum Gasteiger partial charge on any atom is 0.0360 e. The zero-order valence-corrected chi connectivity index (χ0v) is 9.25. The molecule has 0 saturated carbocycles. The smallest absolute Gasteiger partial charge is 0.0360 e. The predicted molar refractivity (Wildman–Crippen MR) is 55.9 cm³/mol. The Bertz CT molecular complexity index is 128. The maximum absolute atomic E-state index is 11.4. The molecule has 0 aliphatic carbocycles. The lowest BCUT2D eigenvalue weighted by molar-refractivity contribution is 0.614. The molecular weight excluding hydrogens is 170 g/mol. The molecule has 0 aromatic carbocycles. The lowest BCUT2D eigenvalue weighted by Crippen LogP contribution is -2.22. The highest BCUT2D eigenvalue weighted by Gasteiger charge is 2.04. The third-order valence-electron chi connectivity index (χ3n) is 1.92. The molecule has 74 valence electrons. The normalized spacial score (nSPS) is 15.9.